The van der Waals surface area contributed by atoms with Crippen LogP contribution >= 0.6 is 0 Å². The highest BCUT2D eigenvalue weighted by molar-refractivity contribution is 6.39. The Kier molecular flexibility index (Phi) is 7.03. The molecule has 2 amide bonds. The number of hydrazone groups is 1. The maximum absolute atomic E-state index is 14.8. The number of benzene rings is 2. The van der Waals surface area contributed by atoms with E-state index in [1.807, 2.05) is 55.1 Å². The Bertz CT molecular complexity index is 1030. The molecule has 0 aromatic heterocycles. The van der Waals surface area contributed by atoms with Crippen LogP contribution in [-0.2, 0) is 27.4 Å². The van der Waals surface area contributed by atoms with Gasteiger partial charge in [-0.25, -0.2) is 9.40 Å². The SMILES string of the molecule is CC1CN(c2ccc(CNC(=O)C3=NN(Cc4ccccc4)C(=O)CC3)cc2F)CC(C)O1. The summed E-state index contributed by atoms with van der Waals surface area (Å²) in [6.45, 7) is 5.73. The van der Waals surface area contributed by atoms with E-state index < -0.39 is 0 Å². The smallest absolute Gasteiger partial charge is 0.267 e. The molecule has 0 aliphatic carbocycles. The molecule has 2 atom stereocenters. The van der Waals surface area contributed by atoms with Gasteiger partial charge in [-0.15, -0.1) is 0 Å². The van der Waals surface area contributed by atoms with Crippen molar-refractivity contribution in [3.8, 4) is 0 Å². The third-order valence-corrected chi connectivity index (χ3v) is 5.77. The van der Waals surface area contributed by atoms with Crippen molar-refractivity contribution in [2.75, 3.05) is 18.0 Å². The summed E-state index contributed by atoms with van der Waals surface area (Å²) >= 11 is 0. The van der Waals surface area contributed by atoms with Gasteiger partial charge in [-0.05, 0) is 37.1 Å². The van der Waals surface area contributed by atoms with E-state index in [1.165, 1.54) is 11.1 Å². The lowest BCUT2D eigenvalue weighted by molar-refractivity contribution is -0.132. The van der Waals surface area contributed by atoms with E-state index in [4.69, 9.17) is 4.74 Å². The number of ether oxygens (including phenoxy) is 1. The number of amides is 2. The van der Waals surface area contributed by atoms with Crippen molar-refractivity contribution >= 4 is 23.2 Å². The van der Waals surface area contributed by atoms with Crippen molar-refractivity contribution in [3.63, 3.8) is 0 Å². The number of nitrogens with zero attached hydrogens (tertiary/aromatic N) is 3. The predicted molar refractivity (Wildman–Crippen MR) is 124 cm³/mol. The maximum atomic E-state index is 14.8. The largest absolute Gasteiger partial charge is 0.372 e. The third-order valence-electron chi connectivity index (χ3n) is 5.77. The van der Waals surface area contributed by atoms with Gasteiger partial charge < -0.3 is 15.0 Å². The van der Waals surface area contributed by atoms with Crippen LogP contribution in [-0.4, -0.2) is 47.8 Å². The van der Waals surface area contributed by atoms with Crippen LogP contribution in [0.1, 0.15) is 37.8 Å². The Morgan fingerprint density at radius 1 is 1.09 bits per heavy atom. The van der Waals surface area contributed by atoms with Crippen LogP contribution in [0.15, 0.2) is 53.6 Å². The fourth-order valence-electron chi connectivity index (χ4n) is 4.22. The van der Waals surface area contributed by atoms with Gasteiger partial charge in [-0.2, -0.15) is 5.10 Å². The molecule has 1 N–H and O–H groups in total. The fourth-order valence-corrected chi connectivity index (χ4v) is 4.22. The molecular formula is C25H29FN4O3. The Balaban J connectivity index is 1.37. The monoisotopic (exact) mass is 452 g/mol. The third kappa shape index (κ3) is 5.76. The Hall–Kier alpha value is -3.26. The molecular weight excluding hydrogens is 423 g/mol. The number of halogens is 1. The first kappa shape index (κ1) is 22.9. The normalized spacial score (nSPS) is 21.1. The Morgan fingerprint density at radius 2 is 1.82 bits per heavy atom. The zero-order valence-corrected chi connectivity index (χ0v) is 19.0. The van der Waals surface area contributed by atoms with Gasteiger partial charge in [0.2, 0.25) is 5.91 Å². The standard InChI is InChI=1S/C25H29FN4O3/c1-17-14-29(15-18(2)33-17)23-10-8-20(12-21(23)26)13-27-25(32)22-9-11-24(31)30(28-22)16-19-6-4-3-5-7-19/h3-8,10,12,17-18H,9,11,13-16H2,1-2H3,(H,27,32). The molecule has 0 bridgehead atoms. The molecule has 0 radical (unpaired) electrons. The molecule has 8 heteroatoms. The second-order valence-corrected chi connectivity index (χ2v) is 8.61. The first-order valence-electron chi connectivity index (χ1n) is 11.3. The Labute approximate surface area is 193 Å². The second-order valence-electron chi connectivity index (χ2n) is 8.61. The van der Waals surface area contributed by atoms with Gasteiger partial charge in [0.15, 0.2) is 0 Å². The van der Waals surface area contributed by atoms with E-state index in [9.17, 15) is 14.0 Å². The number of anilines is 1. The lowest BCUT2D eigenvalue weighted by Crippen LogP contribution is -2.45. The van der Waals surface area contributed by atoms with Gasteiger partial charge in [-0.3, -0.25) is 9.59 Å². The van der Waals surface area contributed by atoms with E-state index in [0.29, 0.717) is 36.6 Å². The lowest BCUT2D eigenvalue weighted by Gasteiger charge is -2.37. The Morgan fingerprint density at radius 3 is 2.52 bits per heavy atom. The molecule has 0 spiro atoms. The minimum atomic E-state index is -0.346. The molecule has 2 aliphatic rings. The summed E-state index contributed by atoms with van der Waals surface area (Å²) in [5, 5.41) is 8.41. The molecule has 33 heavy (non-hydrogen) atoms. The minimum Gasteiger partial charge on any atom is -0.372 e. The lowest BCUT2D eigenvalue weighted by atomic mass is 10.1. The minimum absolute atomic E-state index is 0.0386. The number of hydrogen-bond acceptors (Lipinski definition) is 5. The summed E-state index contributed by atoms with van der Waals surface area (Å²) in [5.74, 6) is -0.779. The highest BCUT2D eigenvalue weighted by Gasteiger charge is 2.26. The summed E-state index contributed by atoms with van der Waals surface area (Å²) in [7, 11) is 0. The van der Waals surface area contributed by atoms with Crippen LogP contribution in [0, 0.1) is 5.82 Å². The van der Waals surface area contributed by atoms with Gasteiger partial charge >= 0.3 is 0 Å². The van der Waals surface area contributed by atoms with Crippen molar-refractivity contribution < 1.29 is 18.7 Å². The van der Waals surface area contributed by atoms with Crippen molar-refractivity contribution in [1.29, 1.82) is 0 Å². The van der Waals surface area contributed by atoms with Crippen LogP contribution in [0.2, 0.25) is 0 Å². The molecule has 1 fully saturated rings. The van der Waals surface area contributed by atoms with E-state index in [2.05, 4.69) is 10.4 Å². The van der Waals surface area contributed by atoms with E-state index >= 15 is 0 Å². The highest BCUT2D eigenvalue weighted by Crippen LogP contribution is 2.24. The van der Waals surface area contributed by atoms with Crippen molar-refractivity contribution in [2.24, 2.45) is 5.10 Å². The number of hydrogen-bond donors (Lipinski definition) is 1. The molecule has 2 aliphatic heterocycles. The molecule has 7 nitrogen and oxygen atoms in total. The van der Waals surface area contributed by atoms with Crippen molar-refractivity contribution in [3.05, 3.63) is 65.5 Å². The number of rotatable bonds is 6. The molecule has 4 rings (SSSR count). The summed E-state index contributed by atoms with van der Waals surface area (Å²) in [6.07, 6.45) is 0.601. The van der Waals surface area contributed by atoms with Gasteiger partial charge in [0, 0.05) is 32.5 Å². The molecule has 2 unspecified atom stereocenters. The summed E-state index contributed by atoms with van der Waals surface area (Å²) in [5.41, 5.74) is 2.45. The summed E-state index contributed by atoms with van der Waals surface area (Å²) in [6, 6.07) is 14.5. The molecule has 2 aromatic carbocycles. The molecule has 174 valence electrons. The topological polar surface area (TPSA) is 74.2 Å². The van der Waals surface area contributed by atoms with Gasteiger partial charge in [0.25, 0.3) is 5.91 Å². The van der Waals surface area contributed by atoms with Gasteiger partial charge in [0.1, 0.15) is 11.5 Å². The van der Waals surface area contributed by atoms with Crippen LogP contribution in [0.4, 0.5) is 10.1 Å². The quantitative estimate of drug-likeness (QED) is 0.730. The second kappa shape index (κ2) is 10.1. The fraction of sp³-hybridized carbons (Fsp3) is 0.400. The van der Waals surface area contributed by atoms with Crippen LogP contribution in [0.5, 0.6) is 0 Å². The van der Waals surface area contributed by atoms with E-state index in [-0.39, 0.29) is 49.2 Å². The summed E-state index contributed by atoms with van der Waals surface area (Å²) in [4.78, 5) is 26.9. The van der Waals surface area contributed by atoms with Crippen LogP contribution in [0.3, 0.4) is 0 Å². The number of carbonyl (C=O) groups is 2. The van der Waals surface area contributed by atoms with Crippen molar-refractivity contribution in [2.45, 2.75) is 52.0 Å². The molecule has 2 heterocycles. The maximum Gasteiger partial charge on any atom is 0.267 e. The molecule has 2 aromatic rings. The first-order valence-corrected chi connectivity index (χ1v) is 11.3. The van der Waals surface area contributed by atoms with Crippen molar-refractivity contribution in [1.82, 2.24) is 10.3 Å². The van der Waals surface area contributed by atoms with Crippen LogP contribution in [0.25, 0.3) is 0 Å². The summed E-state index contributed by atoms with van der Waals surface area (Å²) < 4.78 is 20.5. The average Bonchev–Trinajstić information content (AvgIpc) is 2.79. The molecule has 1 saturated heterocycles. The number of carbonyl (C=O) groups excluding carboxylic acids is 2. The average molecular weight is 453 g/mol. The zero-order valence-electron chi connectivity index (χ0n) is 19.0. The number of morpholine rings is 1. The van der Waals surface area contributed by atoms with E-state index in [0.717, 1.165) is 5.56 Å². The number of nitrogens with one attached hydrogen (secondary N) is 1. The highest BCUT2D eigenvalue weighted by atomic mass is 19.1. The predicted octanol–water partition coefficient (Wildman–Crippen LogP) is 3.23. The van der Waals surface area contributed by atoms with E-state index in [1.54, 1.807) is 6.07 Å². The van der Waals surface area contributed by atoms with Crippen LogP contribution < -0.4 is 10.2 Å². The van der Waals surface area contributed by atoms with Gasteiger partial charge in [-0.1, -0.05) is 36.4 Å². The first-order chi connectivity index (χ1) is 15.9. The zero-order chi connectivity index (χ0) is 23.4. The van der Waals surface area contributed by atoms with Gasteiger partial charge in [0.05, 0.1) is 24.4 Å². The molecule has 0 saturated carbocycles.